The molecule has 78 valence electrons. The molecule has 0 amide bonds. The van der Waals surface area contributed by atoms with Crippen LogP contribution >= 0.6 is 22.9 Å². The van der Waals surface area contributed by atoms with Crippen LogP contribution in [0.4, 0.5) is 0 Å². The lowest BCUT2D eigenvalue weighted by atomic mass is 10.1. The van der Waals surface area contributed by atoms with Gasteiger partial charge in [0.2, 0.25) is 0 Å². The summed E-state index contributed by atoms with van der Waals surface area (Å²) in [4.78, 5) is 4.44. The second kappa shape index (κ2) is 4.75. The minimum atomic E-state index is 0.460. The van der Waals surface area contributed by atoms with E-state index in [-0.39, 0.29) is 0 Å². The van der Waals surface area contributed by atoms with Gasteiger partial charge >= 0.3 is 0 Å². The average Bonchev–Trinajstić information content (AvgIpc) is 2.77. The molecule has 0 unspecified atom stereocenters. The summed E-state index contributed by atoms with van der Waals surface area (Å²) in [6.07, 6.45) is 0. The Kier molecular flexibility index (Phi) is 3.36. The Hall–Kier alpha value is -0.900. The van der Waals surface area contributed by atoms with Gasteiger partial charge in [-0.15, -0.1) is 22.9 Å². The molecule has 1 aromatic carbocycles. The van der Waals surface area contributed by atoms with Gasteiger partial charge in [0, 0.05) is 17.5 Å². The van der Waals surface area contributed by atoms with E-state index in [0.29, 0.717) is 12.4 Å². The van der Waals surface area contributed by atoms with Crippen molar-refractivity contribution < 1.29 is 0 Å². The van der Waals surface area contributed by atoms with E-state index >= 15 is 0 Å². The molecule has 1 aromatic heterocycles. The summed E-state index contributed by atoms with van der Waals surface area (Å²) in [5.74, 6) is 0.460. The van der Waals surface area contributed by atoms with Crippen LogP contribution < -0.4 is 5.73 Å². The van der Waals surface area contributed by atoms with E-state index in [2.05, 4.69) is 4.98 Å². The zero-order valence-electron chi connectivity index (χ0n) is 8.11. The van der Waals surface area contributed by atoms with Crippen LogP contribution in [-0.4, -0.2) is 4.98 Å². The first-order chi connectivity index (χ1) is 7.35. The monoisotopic (exact) mass is 238 g/mol. The second-order valence-corrected chi connectivity index (χ2v) is 4.26. The third kappa shape index (κ3) is 2.20. The summed E-state index contributed by atoms with van der Waals surface area (Å²) in [5.41, 5.74) is 8.83. The molecule has 4 heteroatoms. The van der Waals surface area contributed by atoms with Crippen molar-refractivity contribution >= 4 is 22.9 Å². The SMILES string of the molecule is NCc1ccccc1-c1nc(CCl)cs1. The highest BCUT2D eigenvalue weighted by atomic mass is 35.5. The van der Waals surface area contributed by atoms with Crippen molar-refractivity contribution in [3.63, 3.8) is 0 Å². The van der Waals surface area contributed by atoms with Gasteiger partial charge in [-0.2, -0.15) is 0 Å². The molecule has 2 N–H and O–H groups in total. The van der Waals surface area contributed by atoms with Crippen molar-refractivity contribution in [3.05, 3.63) is 40.9 Å². The third-order valence-corrected chi connectivity index (χ3v) is 3.35. The van der Waals surface area contributed by atoms with E-state index in [1.165, 1.54) is 0 Å². The van der Waals surface area contributed by atoms with Crippen LogP contribution in [0.25, 0.3) is 10.6 Å². The first-order valence-electron chi connectivity index (χ1n) is 4.64. The van der Waals surface area contributed by atoms with Crippen LogP contribution in [0.3, 0.4) is 0 Å². The van der Waals surface area contributed by atoms with Gasteiger partial charge in [-0.1, -0.05) is 24.3 Å². The fraction of sp³-hybridized carbons (Fsp3) is 0.182. The zero-order chi connectivity index (χ0) is 10.7. The lowest BCUT2D eigenvalue weighted by molar-refractivity contribution is 1.07. The highest BCUT2D eigenvalue weighted by Crippen LogP contribution is 2.27. The molecule has 0 aliphatic heterocycles. The van der Waals surface area contributed by atoms with Crippen LogP contribution in [0.15, 0.2) is 29.6 Å². The maximum atomic E-state index is 5.72. The van der Waals surface area contributed by atoms with Gasteiger partial charge < -0.3 is 5.73 Å². The van der Waals surface area contributed by atoms with Crippen molar-refractivity contribution in [2.24, 2.45) is 5.73 Å². The number of alkyl halides is 1. The van der Waals surface area contributed by atoms with Crippen LogP contribution in [0.1, 0.15) is 11.3 Å². The lowest BCUT2D eigenvalue weighted by Gasteiger charge is -2.03. The fourth-order valence-corrected chi connectivity index (χ4v) is 2.51. The molecule has 0 radical (unpaired) electrons. The van der Waals surface area contributed by atoms with E-state index in [9.17, 15) is 0 Å². The minimum absolute atomic E-state index is 0.460. The van der Waals surface area contributed by atoms with Gasteiger partial charge in [0.15, 0.2) is 0 Å². The Bertz CT molecular complexity index is 453. The van der Waals surface area contributed by atoms with Gasteiger partial charge in [0.1, 0.15) is 5.01 Å². The third-order valence-electron chi connectivity index (χ3n) is 2.16. The molecular formula is C11H11ClN2S. The Morgan fingerprint density at radius 2 is 2.13 bits per heavy atom. The van der Waals surface area contributed by atoms with Gasteiger partial charge in [-0.3, -0.25) is 0 Å². The Balaban J connectivity index is 2.44. The standard InChI is InChI=1S/C11H11ClN2S/c12-5-9-7-15-11(14-9)10-4-2-1-3-8(10)6-13/h1-4,7H,5-6,13H2. The van der Waals surface area contributed by atoms with Gasteiger partial charge in [0.25, 0.3) is 0 Å². The number of nitrogens with two attached hydrogens (primary N) is 1. The summed E-state index contributed by atoms with van der Waals surface area (Å²) in [7, 11) is 0. The van der Waals surface area contributed by atoms with Crippen molar-refractivity contribution in [2.75, 3.05) is 0 Å². The number of aromatic nitrogens is 1. The number of rotatable bonds is 3. The molecule has 0 saturated carbocycles. The molecule has 1 heterocycles. The Morgan fingerprint density at radius 3 is 2.80 bits per heavy atom. The summed E-state index contributed by atoms with van der Waals surface area (Å²) < 4.78 is 0. The molecule has 2 rings (SSSR count). The van der Waals surface area contributed by atoms with Crippen LogP contribution in [-0.2, 0) is 12.4 Å². The van der Waals surface area contributed by atoms with E-state index in [1.807, 2.05) is 29.6 Å². The van der Waals surface area contributed by atoms with Gasteiger partial charge in [-0.05, 0) is 5.56 Å². The van der Waals surface area contributed by atoms with Crippen LogP contribution in [0.2, 0.25) is 0 Å². The molecule has 0 bridgehead atoms. The Labute approximate surface area is 97.7 Å². The molecule has 2 nitrogen and oxygen atoms in total. The molecule has 0 aliphatic rings. The number of benzene rings is 1. The Morgan fingerprint density at radius 1 is 1.33 bits per heavy atom. The first-order valence-corrected chi connectivity index (χ1v) is 6.05. The first kappa shape index (κ1) is 10.6. The van der Waals surface area contributed by atoms with Gasteiger partial charge in [-0.25, -0.2) is 4.98 Å². The summed E-state index contributed by atoms with van der Waals surface area (Å²) >= 11 is 7.33. The van der Waals surface area contributed by atoms with E-state index in [1.54, 1.807) is 11.3 Å². The lowest BCUT2D eigenvalue weighted by Crippen LogP contribution is -1.98. The summed E-state index contributed by atoms with van der Waals surface area (Å²) in [5, 5.41) is 2.97. The predicted molar refractivity (Wildman–Crippen MR) is 65.0 cm³/mol. The highest BCUT2D eigenvalue weighted by Gasteiger charge is 2.07. The normalized spacial score (nSPS) is 10.5. The number of halogens is 1. The molecule has 2 aromatic rings. The maximum absolute atomic E-state index is 5.72. The van der Waals surface area contributed by atoms with Crippen LogP contribution in [0.5, 0.6) is 0 Å². The minimum Gasteiger partial charge on any atom is -0.326 e. The summed E-state index contributed by atoms with van der Waals surface area (Å²) in [6, 6.07) is 8.05. The molecule has 0 atom stereocenters. The van der Waals surface area contributed by atoms with Crippen molar-refractivity contribution in [1.29, 1.82) is 0 Å². The van der Waals surface area contributed by atoms with Crippen LogP contribution in [0, 0.1) is 0 Å². The predicted octanol–water partition coefficient (Wildman–Crippen LogP) is 3.01. The van der Waals surface area contributed by atoms with E-state index in [4.69, 9.17) is 17.3 Å². The van der Waals surface area contributed by atoms with Crippen molar-refractivity contribution in [2.45, 2.75) is 12.4 Å². The quantitative estimate of drug-likeness (QED) is 0.835. The van der Waals surface area contributed by atoms with Crippen molar-refractivity contribution in [3.8, 4) is 10.6 Å². The highest BCUT2D eigenvalue weighted by molar-refractivity contribution is 7.13. The van der Waals surface area contributed by atoms with Crippen molar-refractivity contribution in [1.82, 2.24) is 4.98 Å². The summed E-state index contributed by atoms with van der Waals surface area (Å²) in [6.45, 7) is 0.534. The number of hydrogen-bond donors (Lipinski definition) is 1. The van der Waals surface area contributed by atoms with Gasteiger partial charge in [0.05, 0.1) is 11.6 Å². The molecule has 15 heavy (non-hydrogen) atoms. The molecule has 0 saturated heterocycles. The smallest absolute Gasteiger partial charge is 0.123 e. The zero-order valence-corrected chi connectivity index (χ0v) is 9.68. The average molecular weight is 239 g/mol. The molecule has 0 aliphatic carbocycles. The fourth-order valence-electron chi connectivity index (χ4n) is 1.40. The largest absolute Gasteiger partial charge is 0.326 e. The maximum Gasteiger partial charge on any atom is 0.123 e. The van der Waals surface area contributed by atoms with E-state index < -0.39 is 0 Å². The van der Waals surface area contributed by atoms with E-state index in [0.717, 1.165) is 21.8 Å². The molecular weight excluding hydrogens is 228 g/mol. The molecule has 0 spiro atoms. The molecule has 0 fully saturated rings. The topological polar surface area (TPSA) is 38.9 Å². The number of hydrogen-bond acceptors (Lipinski definition) is 3. The number of nitrogens with zero attached hydrogens (tertiary/aromatic N) is 1. The second-order valence-electron chi connectivity index (χ2n) is 3.14. The number of thiazole rings is 1.